The Kier molecular flexibility index (Phi) is 6.14. The number of fused-ring (bicyclic) bond motifs is 1. The average molecular weight is 459 g/mol. The Bertz CT molecular complexity index is 972. The van der Waals surface area contributed by atoms with E-state index in [9.17, 15) is 14.0 Å². The summed E-state index contributed by atoms with van der Waals surface area (Å²) in [6.07, 6.45) is 3.77. The maximum Gasteiger partial charge on any atom is 0.231 e. The van der Waals surface area contributed by atoms with Crippen molar-refractivity contribution >= 4 is 17.8 Å². The highest BCUT2D eigenvalue weighted by molar-refractivity contribution is 5.99. The van der Waals surface area contributed by atoms with Crippen molar-refractivity contribution in [1.29, 1.82) is 0 Å². The Morgan fingerprint density at radius 3 is 2.70 bits per heavy atom. The van der Waals surface area contributed by atoms with E-state index in [4.69, 9.17) is 10.5 Å². The minimum atomic E-state index is -0.456. The molecule has 1 fully saturated rings. The van der Waals surface area contributed by atoms with Gasteiger partial charge in [-0.25, -0.2) is 9.38 Å². The molecule has 3 aliphatic rings. The van der Waals surface area contributed by atoms with Gasteiger partial charge in [-0.3, -0.25) is 14.5 Å². The first-order valence-corrected chi connectivity index (χ1v) is 12.0. The molecule has 1 aliphatic carbocycles. The molecule has 1 saturated carbocycles. The zero-order valence-electron chi connectivity index (χ0n) is 20.0. The molecule has 1 aromatic carbocycles. The number of nitrogens with zero attached hydrogens (tertiary/aromatic N) is 2. The van der Waals surface area contributed by atoms with Crippen molar-refractivity contribution in [3.8, 4) is 5.75 Å². The highest BCUT2D eigenvalue weighted by atomic mass is 19.1. The molecule has 3 N–H and O–H groups in total. The maximum atomic E-state index is 13.8. The number of hydrogen-bond donors (Lipinski definition) is 2. The Labute approximate surface area is 194 Å². The third kappa shape index (κ3) is 4.99. The van der Waals surface area contributed by atoms with Crippen molar-refractivity contribution in [2.24, 2.45) is 22.6 Å². The summed E-state index contributed by atoms with van der Waals surface area (Å²) in [7, 11) is 0. The fraction of sp³-hybridized carbons (Fsp3) is 0.640. The number of halogens is 1. The zero-order chi connectivity index (χ0) is 24.0. The van der Waals surface area contributed by atoms with Crippen LogP contribution in [0.3, 0.4) is 0 Å². The molecule has 4 rings (SSSR count). The lowest BCUT2D eigenvalue weighted by molar-refractivity contribution is -0.129. The van der Waals surface area contributed by atoms with Gasteiger partial charge in [0.2, 0.25) is 11.8 Å². The number of ether oxygens (including phenoxy) is 1. The number of hydrogen-bond acceptors (Lipinski definition) is 5. The van der Waals surface area contributed by atoms with Crippen LogP contribution in [-0.4, -0.2) is 40.4 Å². The molecular formula is C25H35FN4O3. The SMILES string of the molecule is CCC1(CC)CC(=O)N(C[C@@H]2C[C@H]2CC(=O)NC2CC(C)(C)Oc3ccc(F)cc32)C(N)=N1. The second-order valence-corrected chi connectivity index (χ2v) is 10.4. The summed E-state index contributed by atoms with van der Waals surface area (Å²) in [5.74, 6) is 0.949. The van der Waals surface area contributed by atoms with E-state index in [1.54, 1.807) is 11.0 Å². The summed E-state index contributed by atoms with van der Waals surface area (Å²) < 4.78 is 19.8. The van der Waals surface area contributed by atoms with Gasteiger partial charge >= 0.3 is 0 Å². The molecule has 3 atom stereocenters. The van der Waals surface area contributed by atoms with Crippen LogP contribution >= 0.6 is 0 Å². The van der Waals surface area contributed by atoms with Crippen molar-refractivity contribution in [3.05, 3.63) is 29.6 Å². The molecule has 0 bridgehead atoms. The minimum Gasteiger partial charge on any atom is -0.487 e. The lowest BCUT2D eigenvalue weighted by Gasteiger charge is -2.38. The normalized spacial score (nSPS) is 27.3. The van der Waals surface area contributed by atoms with Crippen molar-refractivity contribution < 1.29 is 18.7 Å². The predicted octanol–water partition coefficient (Wildman–Crippen LogP) is 3.68. The highest BCUT2D eigenvalue weighted by Gasteiger charge is 2.44. The highest BCUT2D eigenvalue weighted by Crippen LogP contribution is 2.44. The topological polar surface area (TPSA) is 97.0 Å². The molecular weight excluding hydrogens is 423 g/mol. The molecule has 0 aromatic heterocycles. The molecule has 0 spiro atoms. The lowest BCUT2D eigenvalue weighted by atomic mass is 9.88. The third-order valence-electron chi connectivity index (χ3n) is 7.42. The average Bonchev–Trinajstić information content (AvgIpc) is 3.47. The Morgan fingerprint density at radius 2 is 2.03 bits per heavy atom. The van der Waals surface area contributed by atoms with Gasteiger partial charge in [-0.15, -0.1) is 0 Å². The van der Waals surface area contributed by atoms with E-state index in [0.29, 0.717) is 43.1 Å². The molecule has 0 saturated heterocycles. The monoisotopic (exact) mass is 458 g/mol. The van der Waals surface area contributed by atoms with Crippen molar-refractivity contribution in [2.75, 3.05) is 6.54 Å². The summed E-state index contributed by atoms with van der Waals surface area (Å²) in [5, 5.41) is 3.08. The van der Waals surface area contributed by atoms with Gasteiger partial charge in [0, 0.05) is 24.9 Å². The number of aliphatic imine (C=N–C) groups is 1. The van der Waals surface area contributed by atoms with Crippen molar-refractivity contribution in [3.63, 3.8) is 0 Å². The van der Waals surface area contributed by atoms with Crippen molar-refractivity contribution in [1.82, 2.24) is 10.2 Å². The second-order valence-electron chi connectivity index (χ2n) is 10.4. The fourth-order valence-corrected chi connectivity index (χ4v) is 5.17. The number of benzene rings is 1. The first-order chi connectivity index (χ1) is 15.5. The molecule has 1 aromatic rings. The Hall–Kier alpha value is -2.64. The van der Waals surface area contributed by atoms with E-state index in [1.165, 1.54) is 12.1 Å². The van der Waals surface area contributed by atoms with Crippen LogP contribution in [-0.2, 0) is 9.59 Å². The Balaban J connectivity index is 1.34. The van der Waals surface area contributed by atoms with Crippen LogP contribution in [0, 0.1) is 17.7 Å². The van der Waals surface area contributed by atoms with Gasteiger partial charge in [0.1, 0.15) is 17.2 Å². The van der Waals surface area contributed by atoms with E-state index in [1.807, 2.05) is 27.7 Å². The molecule has 8 heteroatoms. The number of guanidine groups is 1. The fourth-order valence-electron chi connectivity index (χ4n) is 5.17. The first-order valence-electron chi connectivity index (χ1n) is 12.0. The molecule has 0 radical (unpaired) electrons. The van der Waals surface area contributed by atoms with Gasteiger partial charge in [0.25, 0.3) is 0 Å². The smallest absolute Gasteiger partial charge is 0.231 e. The third-order valence-corrected chi connectivity index (χ3v) is 7.42. The summed E-state index contributed by atoms with van der Waals surface area (Å²) in [6, 6.07) is 4.13. The first kappa shape index (κ1) is 23.5. The lowest BCUT2D eigenvalue weighted by Crippen LogP contribution is -2.52. The van der Waals surface area contributed by atoms with Gasteiger partial charge in [-0.1, -0.05) is 13.8 Å². The zero-order valence-corrected chi connectivity index (χ0v) is 20.0. The van der Waals surface area contributed by atoms with Gasteiger partial charge in [-0.05, 0) is 63.1 Å². The van der Waals surface area contributed by atoms with Crippen LogP contribution < -0.4 is 15.8 Å². The summed E-state index contributed by atoms with van der Waals surface area (Å²) in [4.78, 5) is 31.8. The quantitative estimate of drug-likeness (QED) is 0.651. The van der Waals surface area contributed by atoms with E-state index >= 15 is 0 Å². The predicted molar refractivity (Wildman–Crippen MR) is 124 cm³/mol. The number of rotatable bonds is 7. The van der Waals surface area contributed by atoms with Gasteiger partial charge in [0.15, 0.2) is 5.96 Å². The van der Waals surface area contributed by atoms with Crippen LogP contribution in [0.15, 0.2) is 23.2 Å². The second kappa shape index (κ2) is 8.61. The maximum absolute atomic E-state index is 13.8. The number of nitrogens with one attached hydrogen (secondary N) is 1. The number of carbonyl (C=O) groups is 2. The summed E-state index contributed by atoms with van der Waals surface area (Å²) in [6.45, 7) is 8.50. The van der Waals surface area contributed by atoms with Crippen LogP contribution in [0.2, 0.25) is 0 Å². The molecule has 33 heavy (non-hydrogen) atoms. The molecule has 1 unspecified atom stereocenters. The van der Waals surface area contributed by atoms with Crippen molar-refractivity contribution in [2.45, 2.75) is 83.4 Å². The number of carbonyl (C=O) groups excluding carboxylic acids is 2. The minimum absolute atomic E-state index is 0.0179. The van der Waals surface area contributed by atoms with Gasteiger partial charge < -0.3 is 15.8 Å². The molecule has 2 aliphatic heterocycles. The van der Waals surface area contributed by atoms with E-state index in [-0.39, 0.29) is 41.0 Å². The van der Waals surface area contributed by atoms with Crippen LogP contribution in [0.5, 0.6) is 5.75 Å². The van der Waals surface area contributed by atoms with E-state index in [2.05, 4.69) is 10.3 Å². The standard InChI is InChI=1S/C25H35FN4O3/c1-5-25(6-2)13-22(32)30(23(27)29-25)14-16-9-15(16)10-21(31)28-19-12-24(3,4)33-20-8-7-17(26)11-18(19)20/h7-8,11,15-16,19H,5-6,9-10,12-14H2,1-4H3,(H2,27,29)(H,28,31)/t15-,16-,19?/m0/s1. The van der Waals surface area contributed by atoms with E-state index in [0.717, 1.165) is 19.3 Å². The number of nitrogens with two attached hydrogens (primary N) is 1. The summed E-state index contributed by atoms with van der Waals surface area (Å²) in [5.41, 5.74) is 6.00. The molecule has 7 nitrogen and oxygen atoms in total. The largest absolute Gasteiger partial charge is 0.487 e. The number of amides is 2. The molecule has 2 amide bonds. The molecule has 2 heterocycles. The summed E-state index contributed by atoms with van der Waals surface area (Å²) >= 11 is 0. The molecule has 180 valence electrons. The van der Waals surface area contributed by atoms with Crippen LogP contribution in [0.25, 0.3) is 0 Å². The van der Waals surface area contributed by atoms with Gasteiger partial charge in [0.05, 0.1) is 18.0 Å². The van der Waals surface area contributed by atoms with Gasteiger partial charge in [-0.2, -0.15) is 0 Å². The van der Waals surface area contributed by atoms with E-state index < -0.39 is 5.60 Å². The van der Waals surface area contributed by atoms with Crippen LogP contribution in [0.4, 0.5) is 4.39 Å². The van der Waals surface area contributed by atoms with Crippen LogP contribution in [0.1, 0.15) is 77.8 Å². The Morgan fingerprint density at radius 1 is 1.30 bits per heavy atom.